The summed E-state index contributed by atoms with van der Waals surface area (Å²) >= 11 is 0. The highest BCUT2D eigenvalue weighted by atomic mass is 16.2. The lowest BCUT2D eigenvalue weighted by atomic mass is 9.73. The van der Waals surface area contributed by atoms with Gasteiger partial charge in [-0.15, -0.1) is 0 Å². The monoisotopic (exact) mass is 481 g/mol. The lowest BCUT2D eigenvalue weighted by Crippen LogP contribution is -2.47. The molecular formula is C29H31N5O2. The molecule has 2 amide bonds. The summed E-state index contributed by atoms with van der Waals surface area (Å²) in [7, 11) is 0. The SMILES string of the molecule is N=C(N)c1ccc2cc(C(=O)NCC3(C(N)=O)CCCCC3)n(Cc3cccc4ccccc34)c2c1. The normalized spacial score (nSPS) is 15.1. The number of amides is 2. The van der Waals surface area contributed by atoms with Crippen molar-refractivity contribution in [2.75, 3.05) is 6.54 Å². The molecule has 1 aromatic heterocycles. The van der Waals surface area contributed by atoms with Gasteiger partial charge in [0.25, 0.3) is 5.91 Å². The smallest absolute Gasteiger partial charge is 0.267 e. The topological polar surface area (TPSA) is 127 Å². The van der Waals surface area contributed by atoms with Crippen LogP contribution in [0, 0.1) is 10.8 Å². The van der Waals surface area contributed by atoms with Crippen LogP contribution in [0.5, 0.6) is 0 Å². The van der Waals surface area contributed by atoms with Crippen LogP contribution in [0.15, 0.2) is 66.7 Å². The van der Waals surface area contributed by atoms with Crippen molar-refractivity contribution in [1.29, 1.82) is 5.41 Å². The minimum absolute atomic E-state index is 0.0264. The van der Waals surface area contributed by atoms with Gasteiger partial charge in [-0.3, -0.25) is 15.0 Å². The van der Waals surface area contributed by atoms with Crippen molar-refractivity contribution in [2.24, 2.45) is 16.9 Å². The molecule has 36 heavy (non-hydrogen) atoms. The summed E-state index contributed by atoms with van der Waals surface area (Å²) in [6.45, 7) is 0.700. The zero-order valence-corrected chi connectivity index (χ0v) is 20.2. The number of amidine groups is 1. The molecule has 7 nitrogen and oxygen atoms in total. The van der Waals surface area contributed by atoms with Crippen LogP contribution in [0.3, 0.4) is 0 Å². The Morgan fingerprint density at radius 1 is 0.917 bits per heavy atom. The third kappa shape index (κ3) is 4.33. The van der Waals surface area contributed by atoms with Crippen LogP contribution in [0.2, 0.25) is 0 Å². The minimum Gasteiger partial charge on any atom is -0.384 e. The standard InChI is InChI=1S/C29H31N5O2/c30-26(31)21-12-11-20-15-25(27(35)33-18-29(28(32)36)13-4-1-5-14-29)34(24(20)16-21)17-22-9-6-8-19-7-2-3-10-23(19)22/h2-3,6-12,15-16H,1,4-5,13-14,17-18H2,(H3,30,31)(H2,32,36)(H,33,35). The first-order valence-corrected chi connectivity index (χ1v) is 12.4. The van der Waals surface area contributed by atoms with Crippen LogP contribution < -0.4 is 16.8 Å². The number of carbonyl (C=O) groups is 2. The molecule has 0 spiro atoms. The predicted octanol–water partition coefficient (Wildman–Crippen LogP) is 4.29. The molecular weight excluding hydrogens is 450 g/mol. The van der Waals surface area contributed by atoms with Crippen LogP contribution >= 0.6 is 0 Å². The molecule has 0 saturated heterocycles. The summed E-state index contributed by atoms with van der Waals surface area (Å²) in [4.78, 5) is 25.9. The molecule has 1 fully saturated rings. The number of nitrogens with zero attached hydrogens (tertiary/aromatic N) is 1. The first-order chi connectivity index (χ1) is 17.4. The Kier molecular flexibility index (Phi) is 6.22. The highest BCUT2D eigenvalue weighted by Gasteiger charge is 2.38. The van der Waals surface area contributed by atoms with Crippen molar-refractivity contribution in [3.63, 3.8) is 0 Å². The molecule has 1 aliphatic carbocycles. The number of hydrogen-bond acceptors (Lipinski definition) is 3. The number of aromatic nitrogens is 1. The molecule has 0 unspecified atom stereocenters. The van der Waals surface area contributed by atoms with E-state index in [2.05, 4.69) is 29.6 Å². The Balaban J connectivity index is 1.55. The van der Waals surface area contributed by atoms with E-state index in [1.165, 1.54) is 0 Å². The van der Waals surface area contributed by atoms with Gasteiger partial charge in [0.1, 0.15) is 11.5 Å². The fraction of sp³-hybridized carbons (Fsp3) is 0.276. The lowest BCUT2D eigenvalue weighted by molar-refractivity contribution is -0.129. The van der Waals surface area contributed by atoms with E-state index in [1.807, 2.05) is 41.0 Å². The first-order valence-electron chi connectivity index (χ1n) is 12.4. The van der Waals surface area contributed by atoms with Crippen LogP contribution in [-0.4, -0.2) is 28.8 Å². The molecule has 1 saturated carbocycles. The highest BCUT2D eigenvalue weighted by Crippen LogP contribution is 2.35. The Bertz CT molecular complexity index is 1470. The van der Waals surface area contributed by atoms with Crippen molar-refractivity contribution >= 4 is 39.3 Å². The highest BCUT2D eigenvalue weighted by molar-refractivity contribution is 6.02. The number of nitrogens with two attached hydrogens (primary N) is 2. The molecule has 5 rings (SSSR count). The van der Waals surface area contributed by atoms with Crippen molar-refractivity contribution in [3.05, 3.63) is 83.6 Å². The number of primary amides is 1. The zero-order chi connectivity index (χ0) is 25.3. The Labute approximate surface area is 210 Å². The summed E-state index contributed by atoms with van der Waals surface area (Å²) < 4.78 is 1.97. The molecule has 0 aliphatic heterocycles. The number of fused-ring (bicyclic) bond motifs is 2. The van der Waals surface area contributed by atoms with E-state index in [-0.39, 0.29) is 24.2 Å². The number of hydrogen-bond donors (Lipinski definition) is 4. The van der Waals surface area contributed by atoms with E-state index in [0.717, 1.165) is 46.5 Å². The average molecular weight is 482 g/mol. The predicted molar refractivity (Wildman–Crippen MR) is 143 cm³/mol. The lowest BCUT2D eigenvalue weighted by Gasteiger charge is -2.34. The number of nitrogen functional groups attached to an aromatic ring is 1. The number of nitrogens with one attached hydrogen (secondary N) is 2. The average Bonchev–Trinajstić information content (AvgIpc) is 3.25. The number of carbonyl (C=O) groups excluding carboxylic acids is 2. The Morgan fingerprint density at radius 2 is 1.67 bits per heavy atom. The molecule has 1 heterocycles. The fourth-order valence-corrected chi connectivity index (χ4v) is 5.46. The molecule has 3 aromatic carbocycles. The van der Waals surface area contributed by atoms with Gasteiger partial charge in [0.2, 0.25) is 5.91 Å². The second kappa shape index (κ2) is 9.49. The maximum atomic E-state index is 13.6. The number of benzene rings is 3. The second-order valence-electron chi connectivity index (χ2n) is 9.83. The summed E-state index contributed by atoms with van der Waals surface area (Å²) in [5.74, 6) is -0.617. The molecule has 1 aliphatic rings. The minimum atomic E-state index is -0.692. The molecule has 6 N–H and O–H groups in total. The molecule has 4 aromatic rings. The van der Waals surface area contributed by atoms with Gasteiger partial charge in [-0.05, 0) is 41.3 Å². The van der Waals surface area contributed by atoms with E-state index >= 15 is 0 Å². The quantitative estimate of drug-likeness (QED) is 0.232. The fourth-order valence-electron chi connectivity index (χ4n) is 5.46. The van der Waals surface area contributed by atoms with Crippen LogP contribution in [0.25, 0.3) is 21.7 Å². The van der Waals surface area contributed by atoms with E-state index < -0.39 is 5.41 Å². The van der Waals surface area contributed by atoms with E-state index in [0.29, 0.717) is 30.6 Å². The molecule has 7 heteroatoms. The van der Waals surface area contributed by atoms with Crippen LogP contribution in [0.1, 0.15) is 53.7 Å². The van der Waals surface area contributed by atoms with Gasteiger partial charge in [0, 0.05) is 29.6 Å². The van der Waals surface area contributed by atoms with Crippen molar-refractivity contribution in [3.8, 4) is 0 Å². The third-order valence-corrected chi connectivity index (χ3v) is 7.58. The van der Waals surface area contributed by atoms with Gasteiger partial charge in [-0.25, -0.2) is 0 Å². The first kappa shape index (κ1) is 23.6. The van der Waals surface area contributed by atoms with Gasteiger partial charge in [-0.2, -0.15) is 0 Å². The Hall–Kier alpha value is -4.13. The largest absolute Gasteiger partial charge is 0.384 e. The third-order valence-electron chi connectivity index (χ3n) is 7.58. The maximum absolute atomic E-state index is 13.6. The van der Waals surface area contributed by atoms with Gasteiger partial charge in [0.05, 0.1) is 5.41 Å². The van der Waals surface area contributed by atoms with Crippen molar-refractivity contribution in [2.45, 2.75) is 38.6 Å². The van der Waals surface area contributed by atoms with Crippen molar-refractivity contribution in [1.82, 2.24) is 9.88 Å². The van der Waals surface area contributed by atoms with E-state index in [1.54, 1.807) is 6.07 Å². The van der Waals surface area contributed by atoms with Gasteiger partial charge < -0.3 is 21.4 Å². The van der Waals surface area contributed by atoms with Crippen molar-refractivity contribution < 1.29 is 9.59 Å². The van der Waals surface area contributed by atoms with Crippen LogP contribution in [0.4, 0.5) is 0 Å². The Morgan fingerprint density at radius 3 is 2.42 bits per heavy atom. The van der Waals surface area contributed by atoms with E-state index in [9.17, 15) is 9.59 Å². The molecule has 0 bridgehead atoms. The summed E-state index contributed by atoms with van der Waals surface area (Å²) in [5, 5.41) is 14.0. The molecule has 184 valence electrons. The summed E-state index contributed by atoms with van der Waals surface area (Å²) in [6, 6.07) is 21.7. The zero-order valence-electron chi connectivity index (χ0n) is 20.2. The van der Waals surface area contributed by atoms with Crippen LogP contribution in [-0.2, 0) is 11.3 Å². The van der Waals surface area contributed by atoms with Gasteiger partial charge in [0.15, 0.2) is 0 Å². The van der Waals surface area contributed by atoms with Gasteiger partial charge >= 0.3 is 0 Å². The second-order valence-corrected chi connectivity index (χ2v) is 9.83. The molecule has 0 radical (unpaired) electrons. The van der Waals surface area contributed by atoms with Gasteiger partial charge in [-0.1, -0.05) is 73.9 Å². The summed E-state index contributed by atoms with van der Waals surface area (Å²) in [6.07, 6.45) is 4.36. The molecule has 0 atom stereocenters. The summed E-state index contributed by atoms with van der Waals surface area (Å²) in [5.41, 5.74) is 13.9. The number of rotatable bonds is 7. The van der Waals surface area contributed by atoms with E-state index in [4.69, 9.17) is 16.9 Å². The maximum Gasteiger partial charge on any atom is 0.267 e.